The number of carbonyl (C=O) groups is 2. The van der Waals surface area contributed by atoms with Gasteiger partial charge >= 0.3 is 6.03 Å². The van der Waals surface area contributed by atoms with Gasteiger partial charge in [0, 0.05) is 20.1 Å². The highest BCUT2D eigenvalue weighted by Crippen LogP contribution is 2.37. The van der Waals surface area contributed by atoms with Gasteiger partial charge in [-0.3, -0.25) is 14.6 Å². The van der Waals surface area contributed by atoms with Gasteiger partial charge in [-0.05, 0) is 67.2 Å². The van der Waals surface area contributed by atoms with E-state index >= 15 is 0 Å². The van der Waals surface area contributed by atoms with Crippen LogP contribution in [0.3, 0.4) is 0 Å². The molecule has 0 saturated carbocycles. The van der Waals surface area contributed by atoms with Crippen molar-refractivity contribution >= 4 is 11.9 Å². The molecule has 0 spiro atoms. The van der Waals surface area contributed by atoms with Crippen molar-refractivity contribution in [1.29, 1.82) is 0 Å². The molecular formula is C27H35N3O6. The van der Waals surface area contributed by atoms with E-state index in [0.29, 0.717) is 25.3 Å². The number of nitrogens with zero attached hydrogens (tertiary/aromatic N) is 2. The zero-order valence-electron chi connectivity index (χ0n) is 21.2. The molecule has 1 atom stereocenters. The number of likely N-dealkylation sites (tertiary alicyclic amines) is 1. The number of aromatic hydroxyl groups is 1. The van der Waals surface area contributed by atoms with E-state index in [2.05, 4.69) is 10.2 Å². The SMILES string of the molecule is COCCN1C(=O)N[C@@](Cc2cccc(OC)c2)(C2CCN(Cc3ccc(O)c(OC)c3)CC2)C1=O. The summed E-state index contributed by atoms with van der Waals surface area (Å²) in [6, 6.07) is 12.7. The van der Waals surface area contributed by atoms with Crippen LogP contribution in [0.2, 0.25) is 0 Å². The van der Waals surface area contributed by atoms with Crippen LogP contribution in [0.5, 0.6) is 17.2 Å². The van der Waals surface area contributed by atoms with E-state index in [0.717, 1.165) is 42.8 Å². The van der Waals surface area contributed by atoms with Gasteiger partial charge in [0.25, 0.3) is 5.91 Å². The number of nitrogens with one attached hydrogen (secondary N) is 1. The molecule has 194 valence electrons. The second-order valence-corrected chi connectivity index (χ2v) is 9.44. The lowest BCUT2D eigenvalue weighted by molar-refractivity contribution is -0.134. The zero-order chi connectivity index (χ0) is 25.7. The summed E-state index contributed by atoms with van der Waals surface area (Å²) in [4.78, 5) is 30.3. The summed E-state index contributed by atoms with van der Waals surface area (Å²) < 4.78 is 15.8. The summed E-state index contributed by atoms with van der Waals surface area (Å²) in [5.74, 6) is 1.09. The van der Waals surface area contributed by atoms with Gasteiger partial charge in [-0.15, -0.1) is 0 Å². The molecule has 2 N–H and O–H groups in total. The lowest BCUT2D eigenvalue weighted by Gasteiger charge is -2.41. The Labute approximate surface area is 211 Å². The number of phenolic OH excluding ortho intramolecular Hbond substituents is 1. The van der Waals surface area contributed by atoms with Gasteiger partial charge in [0.1, 0.15) is 11.3 Å². The molecule has 2 aromatic rings. The van der Waals surface area contributed by atoms with Gasteiger partial charge in [0.05, 0.1) is 27.4 Å². The van der Waals surface area contributed by atoms with Crippen molar-refractivity contribution in [3.05, 3.63) is 53.6 Å². The standard InChI is InChI=1S/C27H35N3O6/c1-34-14-13-30-25(32)27(28-26(30)33,17-19-5-4-6-22(15-19)35-2)21-9-11-29(12-10-21)18-20-7-8-23(31)24(16-20)36-3/h4-8,15-16,21,31H,9-14,17-18H2,1-3H3,(H,28,33)/t27-/m0/s1. The molecule has 2 aromatic carbocycles. The van der Waals surface area contributed by atoms with Crippen molar-refractivity contribution in [3.8, 4) is 17.2 Å². The third-order valence-corrected chi connectivity index (χ3v) is 7.27. The highest BCUT2D eigenvalue weighted by atomic mass is 16.5. The Balaban J connectivity index is 1.52. The molecule has 2 aliphatic rings. The minimum Gasteiger partial charge on any atom is -0.504 e. The topological polar surface area (TPSA) is 101 Å². The monoisotopic (exact) mass is 497 g/mol. The van der Waals surface area contributed by atoms with Crippen LogP contribution in [0.4, 0.5) is 4.79 Å². The second-order valence-electron chi connectivity index (χ2n) is 9.44. The number of hydrogen-bond donors (Lipinski definition) is 2. The maximum atomic E-state index is 13.8. The van der Waals surface area contributed by atoms with Crippen LogP contribution < -0.4 is 14.8 Å². The lowest BCUT2D eigenvalue weighted by Crippen LogP contribution is -2.57. The zero-order valence-corrected chi connectivity index (χ0v) is 21.2. The van der Waals surface area contributed by atoms with E-state index in [4.69, 9.17) is 14.2 Å². The molecule has 2 fully saturated rings. The number of benzene rings is 2. The van der Waals surface area contributed by atoms with Crippen molar-refractivity contribution in [2.75, 3.05) is 47.6 Å². The third-order valence-electron chi connectivity index (χ3n) is 7.27. The normalized spacial score (nSPS) is 21.0. The van der Waals surface area contributed by atoms with Crippen LogP contribution in [0.1, 0.15) is 24.0 Å². The molecule has 4 rings (SSSR count). The number of hydrogen-bond acceptors (Lipinski definition) is 7. The Morgan fingerprint density at radius 1 is 1.03 bits per heavy atom. The molecule has 2 heterocycles. The first-order valence-corrected chi connectivity index (χ1v) is 12.2. The Morgan fingerprint density at radius 2 is 1.81 bits per heavy atom. The maximum absolute atomic E-state index is 13.8. The smallest absolute Gasteiger partial charge is 0.325 e. The summed E-state index contributed by atoms with van der Waals surface area (Å²) >= 11 is 0. The number of piperidine rings is 1. The van der Waals surface area contributed by atoms with E-state index in [-0.39, 0.29) is 30.2 Å². The highest BCUT2D eigenvalue weighted by Gasteiger charge is 2.55. The largest absolute Gasteiger partial charge is 0.504 e. The summed E-state index contributed by atoms with van der Waals surface area (Å²) in [7, 11) is 4.71. The van der Waals surface area contributed by atoms with E-state index in [9.17, 15) is 14.7 Å². The third kappa shape index (κ3) is 5.27. The average molecular weight is 498 g/mol. The van der Waals surface area contributed by atoms with Gasteiger partial charge in [-0.1, -0.05) is 18.2 Å². The second kappa shape index (κ2) is 11.2. The van der Waals surface area contributed by atoms with E-state index < -0.39 is 5.54 Å². The van der Waals surface area contributed by atoms with Crippen molar-refractivity contribution in [2.24, 2.45) is 5.92 Å². The van der Waals surface area contributed by atoms with Gasteiger partial charge in [-0.2, -0.15) is 0 Å². The molecule has 2 aliphatic heterocycles. The number of phenols is 1. The first-order valence-electron chi connectivity index (χ1n) is 12.2. The molecule has 9 heteroatoms. The first kappa shape index (κ1) is 25.8. The van der Waals surface area contributed by atoms with Crippen molar-refractivity contribution in [2.45, 2.75) is 31.3 Å². The quantitative estimate of drug-likeness (QED) is 0.487. The summed E-state index contributed by atoms with van der Waals surface area (Å²) in [5, 5.41) is 13.0. The molecule has 2 saturated heterocycles. The molecule has 0 aliphatic carbocycles. The first-order chi connectivity index (χ1) is 17.4. The van der Waals surface area contributed by atoms with Crippen LogP contribution in [-0.2, 0) is 22.5 Å². The highest BCUT2D eigenvalue weighted by molar-refractivity contribution is 6.07. The number of rotatable bonds is 10. The van der Waals surface area contributed by atoms with Gasteiger partial charge < -0.3 is 24.6 Å². The molecule has 0 radical (unpaired) electrons. The van der Waals surface area contributed by atoms with Crippen LogP contribution in [0.15, 0.2) is 42.5 Å². The minimum absolute atomic E-state index is 0.0155. The Kier molecular flexibility index (Phi) is 8.01. The minimum atomic E-state index is -1.01. The molecule has 3 amide bonds. The van der Waals surface area contributed by atoms with Gasteiger partial charge in [0.15, 0.2) is 11.5 Å². The van der Waals surface area contributed by atoms with Gasteiger partial charge in [0.2, 0.25) is 0 Å². The Bertz CT molecular complexity index is 1080. The number of ether oxygens (including phenoxy) is 3. The number of imide groups is 1. The van der Waals surface area contributed by atoms with Crippen LogP contribution in [0.25, 0.3) is 0 Å². The van der Waals surface area contributed by atoms with E-state index in [1.807, 2.05) is 36.4 Å². The van der Waals surface area contributed by atoms with E-state index in [1.165, 1.54) is 12.0 Å². The molecule has 0 aromatic heterocycles. The predicted octanol–water partition coefficient (Wildman–Crippen LogP) is 2.80. The fourth-order valence-corrected chi connectivity index (χ4v) is 5.34. The Hall–Kier alpha value is -3.30. The molecule has 9 nitrogen and oxygen atoms in total. The number of methoxy groups -OCH3 is 3. The van der Waals surface area contributed by atoms with Crippen LogP contribution >= 0.6 is 0 Å². The molecular weight excluding hydrogens is 462 g/mol. The van der Waals surface area contributed by atoms with Crippen molar-refractivity contribution < 1.29 is 28.9 Å². The Morgan fingerprint density at radius 3 is 2.50 bits per heavy atom. The fourth-order valence-electron chi connectivity index (χ4n) is 5.34. The summed E-state index contributed by atoms with van der Waals surface area (Å²) in [5.41, 5.74) is 0.978. The lowest BCUT2D eigenvalue weighted by atomic mass is 9.74. The molecule has 0 unspecified atom stereocenters. The predicted molar refractivity (Wildman–Crippen MR) is 134 cm³/mol. The molecule has 0 bridgehead atoms. The van der Waals surface area contributed by atoms with Crippen LogP contribution in [0, 0.1) is 5.92 Å². The number of carbonyl (C=O) groups excluding carboxylic acids is 2. The van der Waals surface area contributed by atoms with Crippen molar-refractivity contribution in [1.82, 2.24) is 15.1 Å². The van der Waals surface area contributed by atoms with Crippen molar-refractivity contribution in [3.63, 3.8) is 0 Å². The maximum Gasteiger partial charge on any atom is 0.325 e. The molecule has 36 heavy (non-hydrogen) atoms. The summed E-state index contributed by atoms with van der Waals surface area (Å²) in [6.45, 7) is 2.81. The number of urea groups is 1. The summed E-state index contributed by atoms with van der Waals surface area (Å²) in [6.07, 6.45) is 1.94. The van der Waals surface area contributed by atoms with Gasteiger partial charge in [-0.25, -0.2) is 4.79 Å². The number of amides is 3. The average Bonchev–Trinajstić information content (AvgIpc) is 3.13. The van der Waals surface area contributed by atoms with Crippen LogP contribution in [-0.4, -0.2) is 80.0 Å². The van der Waals surface area contributed by atoms with E-state index in [1.54, 1.807) is 20.3 Å². The fraction of sp³-hybridized carbons (Fsp3) is 0.481.